The summed E-state index contributed by atoms with van der Waals surface area (Å²) in [6.07, 6.45) is -14.0. The lowest BCUT2D eigenvalue weighted by Crippen LogP contribution is -2.04. The van der Waals surface area contributed by atoms with Gasteiger partial charge in [0.15, 0.2) is 0 Å². The maximum atomic E-state index is 13.7. The van der Waals surface area contributed by atoms with Crippen LogP contribution in [0.2, 0.25) is 0 Å². The Morgan fingerprint density at radius 1 is 0.344 bits per heavy atom. The maximum Gasteiger partial charge on any atom is 0.416 e. The number of alkyl halides is 12. The van der Waals surface area contributed by atoms with Gasteiger partial charge in [-0.1, -0.05) is 48.5 Å². The van der Waals surface area contributed by atoms with Gasteiger partial charge in [-0.15, -0.1) is 0 Å². The number of rotatable bonds is 4. The van der Waals surface area contributed by atoms with Gasteiger partial charge in [-0.05, 0) is 113 Å². The van der Waals surface area contributed by atoms with Crippen molar-refractivity contribution in [2.24, 2.45) is 4.99 Å². The molecule has 0 atom stereocenters. The van der Waals surface area contributed by atoms with E-state index in [1.54, 1.807) is 42.5 Å². The number of H-pyrrole nitrogens is 2. The van der Waals surface area contributed by atoms with Crippen LogP contribution in [0, 0.1) is 0 Å². The van der Waals surface area contributed by atoms with E-state index in [0.29, 0.717) is 55.4 Å². The van der Waals surface area contributed by atoms with Crippen molar-refractivity contribution in [2.75, 3.05) is 0 Å². The van der Waals surface area contributed by atoms with Gasteiger partial charge in [-0.3, -0.25) is 4.99 Å². The third kappa shape index (κ3) is 7.95. The summed E-state index contributed by atoms with van der Waals surface area (Å²) in [5, 5.41) is 0. The number of halogens is 12. The third-order valence-corrected chi connectivity index (χ3v) is 10.8. The summed E-state index contributed by atoms with van der Waals surface area (Å²) in [5.74, 6) is 0. The molecule has 5 heterocycles. The first kappa shape index (κ1) is 42.0. The molecule has 2 N–H and O–H groups in total. The predicted molar refractivity (Wildman–Crippen MR) is 221 cm³/mol. The highest BCUT2D eigenvalue weighted by atomic mass is 19.4. The summed E-state index contributed by atoms with van der Waals surface area (Å²) >= 11 is 0. The van der Waals surface area contributed by atoms with E-state index in [1.165, 1.54) is 54.7 Å². The van der Waals surface area contributed by atoms with Crippen LogP contribution in [0.15, 0.2) is 132 Å². The molecule has 8 bridgehead atoms. The average Bonchev–Trinajstić information content (AvgIpc) is 4.08. The molecule has 3 aromatic heterocycles. The maximum absolute atomic E-state index is 13.7. The molecule has 322 valence electrons. The molecule has 9 rings (SSSR count). The highest BCUT2D eigenvalue weighted by Gasteiger charge is 2.33. The number of hydrogen-bond donors (Lipinski definition) is 2. The first-order valence-electron chi connectivity index (χ1n) is 19.1. The summed E-state index contributed by atoms with van der Waals surface area (Å²) in [4.78, 5) is 16.1. The second-order valence-electron chi connectivity index (χ2n) is 14.8. The standard InChI is InChI=1S/C48H26F12N4/c49-45(50,51)30-9-1-25(2-10-30)41-29-23-40(61-24-29)44(28-7-15-33(16-8-28)48(58,59)60)39-22-21-38(64-39)43(27-5-13-32(14-6-27)47(55,56)57)37-20-19-36(63-37)42(35-18-17-34(41)62-35)26-3-11-31(12-4-26)46(52,53)54/h1-24,62,64H. The Kier molecular flexibility index (Phi) is 9.95. The van der Waals surface area contributed by atoms with Crippen molar-refractivity contribution >= 4 is 46.1 Å². The molecule has 0 amide bonds. The second-order valence-corrected chi connectivity index (χ2v) is 14.8. The van der Waals surface area contributed by atoms with E-state index in [2.05, 4.69) is 15.0 Å². The molecule has 7 aromatic rings. The third-order valence-electron chi connectivity index (χ3n) is 10.8. The smallest absolute Gasteiger partial charge is 0.354 e. The normalized spacial score (nSPS) is 13.2. The Morgan fingerprint density at radius 2 is 0.641 bits per heavy atom. The van der Waals surface area contributed by atoms with Crippen LogP contribution < -0.4 is 0 Å². The van der Waals surface area contributed by atoms with Crippen molar-refractivity contribution in [3.63, 3.8) is 0 Å². The van der Waals surface area contributed by atoms with Gasteiger partial charge < -0.3 is 9.97 Å². The van der Waals surface area contributed by atoms with Crippen molar-refractivity contribution in [2.45, 2.75) is 24.7 Å². The zero-order valence-corrected chi connectivity index (χ0v) is 32.3. The highest BCUT2D eigenvalue weighted by molar-refractivity contribution is 6.05. The van der Waals surface area contributed by atoms with Crippen LogP contribution in [0.3, 0.4) is 0 Å². The number of aromatic nitrogens is 3. The van der Waals surface area contributed by atoms with Crippen molar-refractivity contribution < 1.29 is 52.7 Å². The Hall–Kier alpha value is -7.36. The Labute approximate surface area is 353 Å². The van der Waals surface area contributed by atoms with E-state index >= 15 is 0 Å². The van der Waals surface area contributed by atoms with E-state index < -0.39 is 47.0 Å². The number of nitrogens with one attached hydrogen (secondary N) is 2. The molecule has 0 saturated carbocycles. The molecule has 4 nitrogen and oxygen atoms in total. The molecule has 0 spiro atoms. The average molecular weight is 887 g/mol. The van der Waals surface area contributed by atoms with Crippen LogP contribution in [-0.4, -0.2) is 21.2 Å². The molecule has 0 radical (unpaired) electrons. The highest BCUT2D eigenvalue weighted by Crippen LogP contribution is 2.43. The van der Waals surface area contributed by atoms with E-state index in [4.69, 9.17) is 4.98 Å². The van der Waals surface area contributed by atoms with Crippen LogP contribution in [0.1, 0.15) is 39.2 Å². The summed E-state index contributed by atoms with van der Waals surface area (Å²) in [5.41, 5.74) is 1.12. The zero-order valence-electron chi connectivity index (χ0n) is 32.3. The second kappa shape index (κ2) is 15.2. The number of aromatic amines is 2. The molecule has 4 aromatic carbocycles. The fourth-order valence-electron chi connectivity index (χ4n) is 7.75. The quantitative estimate of drug-likeness (QED) is 0.170. The summed E-state index contributed by atoms with van der Waals surface area (Å²) in [6, 6.07) is 25.4. The lowest BCUT2D eigenvalue weighted by molar-refractivity contribution is -0.138. The molecule has 0 aliphatic carbocycles. The van der Waals surface area contributed by atoms with Crippen LogP contribution >= 0.6 is 0 Å². The van der Waals surface area contributed by atoms with E-state index in [0.717, 1.165) is 48.5 Å². The number of nitrogens with zero attached hydrogens (tertiary/aromatic N) is 2. The van der Waals surface area contributed by atoms with Gasteiger partial charge in [-0.25, -0.2) is 4.98 Å². The Balaban J connectivity index is 1.42. The molecule has 0 unspecified atom stereocenters. The Morgan fingerprint density at radius 3 is 0.984 bits per heavy atom. The predicted octanol–water partition coefficient (Wildman–Crippen LogP) is 15.6. The first-order chi connectivity index (χ1) is 30.2. The zero-order chi connectivity index (χ0) is 45.3. The molecule has 16 heteroatoms. The van der Waals surface area contributed by atoms with Gasteiger partial charge >= 0.3 is 24.7 Å². The number of benzene rings is 4. The summed E-state index contributed by atoms with van der Waals surface area (Å²) in [7, 11) is 0. The SMILES string of the molecule is FC(F)(F)c1ccc(-c2c3cc(c(-c4ccc(C(F)(F)F)cc4)c4ccc([nH]4)c(-c4ccc(C(F)(F)F)cc4)c4nc(c(-c5ccc(C(F)(F)F)cc5)c5ccc2[nH]5)C=C4)N=C3)cc1. The number of hydrogen-bond acceptors (Lipinski definition) is 2. The van der Waals surface area contributed by atoms with E-state index in [-0.39, 0.29) is 33.8 Å². The molecule has 64 heavy (non-hydrogen) atoms. The fraction of sp³-hybridized carbons (Fsp3) is 0.0833. The van der Waals surface area contributed by atoms with Crippen molar-refractivity contribution in [3.8, 4) is 44.5 Å². The van der Waals surface area contributed by atoms with Crippen LogP contribution in [0.25, 0.3) is 78.7 Å². The summed E-state index contributed by atoms with van der Waals surface area (Å²) < 4.78 is 165. The van der Waals surface area contributed by atoms with Crippen LogP contribution in [0.4, 0.5) is 58.4 Å². The number of fused-ring (bicyclic) bond motifs is 8. The summed E-state index contributed by atoms with van der Waals surface area (Å²) in [6.45, 7) is 0. The van der Waals surface area contributed by atoms with Crippen molar-refractivity contribution in [1.82, 2.24) is 15.0 Å². The minimum absolute atomic E-state index is 0.230. The van der Waals surface area contributed by atoms with Crippen LogP contribution in [0.5, 0.6) is 0 Å². The van der Waals surface area contributed by atoms with E-state index in [9.17, 15) is 52.7 Å². The van der Waals surface area contributed by atoms with Gasteiger partial charge in [0.05, 0.1) is 39.3 Å². The lowest BCUT2D eigenvalue weighted by Gasteiger charge is -2.10. The van der Waals surface area contributed by atoms with E-state index in [1.807, 2.05) is 0 Å². The lowest BCUT2D eigenvalue weighted by atomic mass is 9.99. The van der Waals surface area contributed by atoms with Crippen molar-refractivity contribution in [3.05, 3.63) is 167 Å². The minimum atomic E-state index is -4.66. The molecule has 2 aliphatic heterocycles. The topological polar surface area (TPSA) is 56.8 Å². The van der Waals surface area contributed by atoms with Gasteiger partial charge in [-0.2, -0.15) is 52.7 Å². The van der Waals surface area contributed by atoms with Gasteiger partial charge in [0.1, 0.15) is 0 Å². The van der Waals surface area contributed by atoms with Gasteiger partial charge in [0.25, 0.3) is 0 Å². The molecule has 2 aliphatic rings. The van der Waals surface area contributed by atoms with Gasteiger partial charge in [0, 0.05) is 56.1 Å². The minimum Gasteiger partial charge on any atom is -0.354 e. The van der Waals surface area contributed by atoms with Crippen molar-refractivity contribution in [1.29, 1.82) is 0 Å². The molecular formula is C48H26F12N4. The molecule has 0 saturated heterocycles. The first-order valence-corrected chi connectivity index (χ1v) is 19.1. The fourth-order valence-corrected chi connectivity index (χ4v) is 7.75. The molecule has 0 fully saturated rings. The molecular weight excluding hydrogens is 861 g/mol. The van der Waals surface area contributed by atoms with Crippen LogP contribution in [-0.2, 0) is 24.7 Å². The largest absolute Gasteiger partial charge is 0.416 e. The Bertz CT molecular complexity index is 2740. The monoisotopic (exact) mass is 886 g/mol. The van der Waals surface area contributed by atoms with Gasteiger partial charge in [0.2, 0.25) is 0 Å². The number of aliphatic imine (C=N–C) groups is 1.